The Morgan fingerprint density at radius 1 is 0.257 bits per heavy atom. The Kier molecular flexibility index (Phi) is 8.59. The molecular weight excluding hydrogens is 891 g/mol. The minimum Gasteiger partial charge on any atom is -0.310 e. The summed E-state index contributed by atoms with van der Waals surface area (Å²) in [6.45, 7) is 24.0. The zero-order chi connectivity index (χ0) is 50.5. The molecule has 0 spiro atoms. The smallest absolute Gasteiger partial charge is 0.0468 e. The fourth-order valence-corrected chi connectivity index (χ4v) is 14.5. The van der Waals surface area contributed by atoms with E-state index in [1.54, 1.807) is 0 Å². The highest BCUT2D eigenvalue weighted by Gasteiger charge is 2.44. The summed E-state index contributed by atoms with van der Waals surface area (Å²) in [5.41, 5.74) is 26.7. The van der Waals surface area contributed by atoms with Crippen LogP contribution in [0.5, 0.6) is 0 Å². The van der Waals surface area contributed by atoms with Gasteiger partial charge in [0.05, 0.1) is 0 Å². The third-order valence-electron chi connectivity index (χ3n) is 18.9. The van der Waals surface area contributed by atoms with Gasteiger partial charge in [0.2, 0.25) is 0 Å². The Hall–Kier alpha value is -7.74. The van der Waals surface area contributed by atoms with E-state index < -0.39 is 0 Å². The molecule has 0 heterocycles. The van der Waals surface area contributed by atoms with Crippen molar-refractivity contribution < 1.29 is 0 Å². The molecule has 15 rings (SSSR count). The van der Waals surface area contributed by atoms with Crippen LogP contribution in [0.2, 0.25) is 0 Å². The van der Waals surface area contributed by atoms with Gasteiger partial charge in [-0.25, -0.2) is 0 Å². The Balaban J connectivity index is 0.844. The highest BCUT2D eigenvalue weighted by Crippen LogP contribution is 2.59. The second-order valence-corrected chi connectivity index (χ2v) is 24.8. The molecule has 11 aromatic rings. The van der Waals surface area contributed by atoms with E-state index in [9.17, 15) is 0 Å². The summed E-state index contributed by atoms with van der Waals surface area (Å²) >= 11 is 0. The second kappa shape index (κ2) is 14.5. The molecule has 0 unspecified atom stereocenters. The summed E-state index contributed by atoms with van der Waals surface area (Å²) in [7, 11) is 0. The third kappa shape index (κ3) is 5.82. The van der Waals surface area contributed by atoms with Gasteiger partial charge >= 0.3 is 0 Å². The summed E-state index contributed by atoms with van der Waals surface area (Å²) < 4.78 is 0. The lowest BCUT2D eigenvalue weighted by atomic mass is 9.77. The third-order valence-corrected chi connectivity index (χ3v) is 18.9. The number of hydrogen-bond acceptors (Lipinski definition) is 1. The van der Waals surface area contributed by atoms with Crippen molar-refractivity contribution in [2.45, 2.75) is 96.8 Å². The van der Waals surface area contributed by atoms with Gasteiger partial charge in [-0.3, -0.25) is 0 Å². The molecule has 0 bridgehead atoms. The van der Waals surface area contributed by atoms with Crippen LogP contribution in [0.25, 0.3) is 87.6 Å². The average molecular weight is 952 g/mol. The van der Waals surface area contributed by atoms with Crippen LogP contribution in [-0.2, 0) is 21.7 Å². The molecule has 11 aromatic carbocycles. The normalized spacial score (nSPS) is 16.3. The van der Waals surface area contributed by atoms with Crippen LogP contribution in [0.15, 0.2) is 182 Å². The van der Waals surface area contributed by atoms with Gasteiger partial charge in [-0.1, -0.05) is 154 Å². The molecule has 4 aliphatic rings. The zero-order valence-electron chi connectivity index (χ0n) is 44.3. The van der Waals surface area contributed by atoms with E-state index in [1.807, 2.05) is 0 Å². The standard InChI is InChI=1S/C73H61N/c1-41(2)42-19-23-51(24-20-42)74(52-25-21-47-31-56-60-37-58-54-29-43-15-11-13-17-45(43)33-62(54)70(3,4)66(58)39-68(60)72(7,8)64(56)35-49(47)27-52)53-26-22-48-32-57-61-38-59-55-30-44-16-12-14-18-46(44)34-63(55)71(5,6)67(59)40-69(61)73(9,10)65(57)36-50(48)28-53/h11-41H,1-10H3. The molecule has 0 saturated heterocycles. The number of rotatable bonds is 4. The Morgan fingerprint density at radius 2 is 0.527 bits per heavy atom. The molecular formula is C73H61N. The highest BCUT2D eigenvalue weighted by atomic mass is 15.1. The fourth-order valence-electron chi connectivity index (χ4n) is 14.5. The Bertz CT molecular complexity index is 4070. The van der Waals surface area contributed by atoms with Gasteiger partial charge in [-0.2, -0.15) is 0 Å². The number of hydrogen-bond donors (Lipinski definition) is 0. The van der Waals surface area contributed by atoms with Crippen LogP contribution in [0.1, 0.15) is 125 Å². The van der Waals surface area contributed by atoms with E-state index in [4.69, 9.17) is 0 Å². The Morgan fingerprint density at radius 3 is 0.865 bits per heavy atom. The first kappa shape index (κ1) is 43.8. The van der Waals surface area contributed by atoms with Gasteiger partial charge in [-0.05, 0) is 241 Å². The molecule has 0 aliphatic heterocycles. The van der Waals surface area contributed by atoms with Gasteiger partial charge in [0.1, 0.15) is 0 Å². The molecule has 4 aliphatic carbocycles. The zero-order valence-corrected chi connectivity index (χ0v) is 44.3. The van der Waals surface area contributed by atoms with Crippen LogP contribution in [0.3, 0.4) is 0 Å². The lowest BCUT2D eigenvalue weighted by Crippen LogP contribution is -2.18. The molecule has 1 nitrogen and oxygen atoms in total. The highest BCUT2D eigenvalue weighted by molar-refractivity contribution is 6.03. The van der Waals surface area contributed by atoms with Gasteiger partial charge in [0.15, 0.2) is 0 Å². The molecule has 358 valence electrons. The maximum Gasteiger partial charge on any atom is 0.0468 e. The van der Waals surface area contributed by atoms with Crippen LogP contribution in [0.4, 0.5) is 17.1 Å². The first-order valence-corrected chi connectivity index (χ1v) is 27.0. The minimum absolute atomic E-state index is 0.0869. The van der Waals surface area contributed by atoms with Crippen molar-refractivity contribution in [2.24, 2.45) is 0 Å². The maximum absolute atomic E-state index is 2.57. The van der Waals surface area contributed by atoms with Gasteiger partial charge in [-0.15, -0.1) is 0 Å². The first-order valence-electron chi connectivity index (χ1n) is 27.0. The van der Waals surface area contributed by atoms with Crippen molar-refractivity contribution in [3.63, 3.8) is 0 Å². The predicted octanol–water partition coefficient (Wildman–Crippen LogP) is 20.1. The lowest BCUT2D eigenvalue weighted by molar-refractivity contribution is 0.640. The van der Waals surface area contributed by atoms with E-state index in [1.165, 1.54) is 138 Å². The maximum atomic E-state index is 2.57. The van der Waals surface area contributed by atoms with Crippen LogP contribution >= 0.6 is 0 Å². The fraction of sp³-hybridized carbons (Fsp3) is 0.205. The van der Waals surface area contributed by atoms with Crippen molar-refractivity contribution in [1.82, 2.24) is 0 Å². The summed E-state index contributed by atoms with van der Waals surface area (Å²) in [4.78, 5) is 2.48. The number of fused-ring (bicyclic) bond motifs is 16. The first-order chi connectivity index (χ1) is 35.5. The second-order valence-electron chi connectivity index (χ2n) is 24.8. The largest absolute Gasteiger partial charge is 0.310 e. The average Bonchev–Trinajstić information content (AvgIpc) is 3.94. The minimum atomic E-state index is -0.159. The van der Waals surface area contributed by atoms with Gasteiger partial charge in [0, 0.05) is 38.7 Å². The monoisotopic (exact) mass is 951 g/mol. The van der Waals surface area contributed by atoms with Crippen LogP contribution in [0, 0.1) is 0 Å². The molecule has 0 radical (unpaired) electrons. The summed E-state index contributed by atoms with van der Waals surface area (Å²) in [6, 6.07) is 71.1. The van der Waals surface area contributed by atoms with E-state index >= 15 is 0 Å². The lowest BCUT2D eigenvalue weighted by Gasteiger charge is -2.28. The van der Waals surface area contributed by atoms with Gasteiger partial charge in [0.25, 0.3) is 0 Å². The summed E-state index contributed by atoms with van der Waals surface area (Å²) in [6.07, 6.45) is 0. The topological polar surface area (TPSA) is 3.24 Å². The van der Waals surface area contributed by atoms with Crippen LogP contribution < -0.4 is 4.90 Å². The number of nitrogens with zero attached hydrogens (tertiary/aromatic N) is 1. The van der Waals surface area contributed by atoms with E-state index in [0.29, 0.717) is 5.92 Å². The van der Waals surface area contributed by atoms with Crippen molar-refractivity contribution in [3.05, 3.63) is 232 Å². The SMILES string of the molecule is CC(C)c1ccc(N(c2ccc3cc4c(cc3c2)C(C)(C)c2cc3c(cc2-4)-c2cc4ccccc4cc2C3(C)C)c2ccc3cc4c(cc3c2)C(C)(C)c2cc3c(cc2-4)-c2cc4ccccc4cc2C3(C)C)cc1. The molecule has 0 amide bonds. The number of benzene rings is 11. The summed E-state index contributed by atoms with van der Waals surface area (Å²) in [5, 5.41) is 10.3. The van der Waals surface area contributed by atoms with E-state index in [-0.39, 0.29) is 21.7 Å². The molecule has 0 fully saturated rings. The van der Waals surface area contributed by atoms with Gasteiger partial charge < -0.3 is 4.90 Å². The Labute approximate surface area is 436 Å². The molecule has 0 saturated carbocycles. The number of anilines is 3. The van der Waals surface area contributed by atoms with Crippen molar-refractivity contribution in [3.8, 4) is 44.5 Å². The summed E-state index contributed by atoms with van der Waals surface area (Å²) in [5.74, 6) is 0.451. The molecule has 0 N–H and O–H groups in total. The predicted molar refractivity (Wildman–Crippen MR) is 315 cm³/mol. The van der Waals surface area contributed by atoms with Crippen molar-refractivity contribution >= 4 is 60.2 Å². The molecule has 0 aromatic heterocycles. The van der Waals surface area contributed by atoms with Crippen LogP contribution in [-0.4, -0.2) is 0 Å². The molecule has 74 heavy (non-hydrogen) atoms. The van der Waals surface area contributed by atoms with Crippen molar-refractivity contribution in [1.29, 1.82) is 0 Å². The van der Waals surface area contributed by atoms with E-state index in [2.05, 4.69) is 256 Å². The quantitative estimate of drug-likeness (QED) is 0.170. The molecule has 0 atom stereocenters. The van der Waals surface area contributed by atoms with Crippen molar-refractivity contribution in [2.75, 3.05) is 4.90 Å². The van der Waals surface area contributed by atoms with E-state index in [0.717, 1.165) is 17.1 Å². The molecule has 1 heteroatoms.